The van der Waals surface area contributed by atoms with Crippen molar-refractivity contribution in [1.82, 2.24) is 9.97 Å². The van der Waals surface area contributed by atoms with E-state index in [4.69, 9.17) is 11.5 Å². The predicted octanol–water partition coefficient (Wildman–Crippen LogP) is 3.22. The van der Waals surface area contributed by atoms with Crippen molar-refractivity contribution in [1.29, 1.82) is 5.26 Å². The number of halogens is 3. The van der Waals surface area contributed by atoms with E-state index >= 15 is 0 Å². The zero-order valence-electron chi connectivity index (χ0n) is 16.7. The van der Waals surface area contributed by atoms with Crippen molar-refractivity contribution in [3.8, 4) is 6.07 Å². The first-order valence-electron chi connectivity index (χ1n) is 9.26. The summed E-state index contributed by atoms with van der Waals surface area (Å²) in [5.74, 6) is -0.751. The fourth-order valence-electron chi connectivity index (χ4n) is 2.75. The van der Waals surface area contributed by atoms with Crippen LogP contribution in [0.1, 0.15) is 30.4 Å². The first kappa shape index (κ1) is 24.2. The molecule has 2 rings (SSSR count). The van der Waals surface area contributed by atoms with Gasteiger partial charge in [-0.1, -0.05) is 6.07 Å². The molecule has 0 saturated carbocycles. The molecule has 0 radical (unpaired) electrons. The van der Waals surface area contributed by atoms with Crippen LogP contribution in [0.25, 0.3) is 0 Å². The number of alkyl halides is 3. The predicted molar refractivity (Wildman–Crippen MR) is 113 cm³/mol. The number of nitrogens with one attached hydrogen (secondary N) is 2. The van der Waals surface area contributed by atoms with Gasteiger partial charge in [-0.05, 0) is 50.3 Å². The molecule has 1 atom stereocenters. The normalized spacial score (nSPS) is 12.1. The summed E-state index contributed by atoms with van der Waals surface area (Å²) in [6, 6.07) is 5.61. The maximum absolute atomic E-state index is 13.0. The molecule has 0 spiro atoms. The molecule has 8 nitrogen and oxygen atoms in total. The molecular weight excluding hydrogens is 431 g/mol. The van der Waals surface area contributed by atoms with Crippen LogP contribution in [0.2, 0.25) is 0 Å². The van der Waals surface area contributed by atoms with Crippen LogP contribution in [-0.4, -0.2) is 34.7 Å². The molecule has 12 heteroatoms. The van der Waals surface area contributed by atoms with Gasteiger partial charge in [0.05, 0.1) is 5.56 Å². The molecule has 0 bridgehead atoms. The number of rotatable bonds is 9. The Morgan fingerprint density at radius 1 is 1.32 bits per heavy atom. The number of carbonyl (C=O) groups excluding carboxylic acids is 1. The molecule has 1 amide bonds. The van der Waals surface area contributed by atoms with Gasteiger partial charge in [0.25, 0.3) is 0 Å². The second kappa shape index (κ2) is 10.8. The third kappa shape index (κ3) is 6.73. The van der Waals surface area contributed by atoms with Crippen molar-refractivity contribution in [3.05, 3.63) is 35.4 Å². The topological polar surface area (TPSA) is 143 Å². The van der Waals surface area contributed by atoms with Crippen molar-refractivity contribution >= 4 is 35.1 Å². The van der Waals surface area contributed by atoms with E-state index in [2.05, 4.69) is 20.6 Å². The van der Waals surface area contributed by atoms with Gasteiger partial charge in [0, 0.05) is 5.69 Å². The third-order valence-electron chi connectivity index (χ3n) is 4.23. The van der Waals surface area contributed by atoms with E-state index in [1.807, 2.05) is 6.07 Å². The van der Waals surface area contributed by atoms with E-state index in [1.54, 1.807) is 6.26 Å². The summed E-state index contributed by atoms with van der Waals surface area (Å²) in [5.41, 5.74) is 10.5. The second-order valence-corrected chi connectivity index (χ2v) is 7.27. The molecule has 0 fully saturated rings. The Morgan fingerprint density at radius 2 is 2.06 bits per heavy atom. The van der Waals surface area contributed by atoms with Crippen molar-refractivity contribution < 1.29 is 18.0 Å². The van der Waals surface area contributed by atoms with Gasteiger partial charge in [0.1, 0.15) is 22.7 Å². The number of hydrogen-bond donors (Lipinski definition) is 4. The summed E-state index contributed by atoms with van der Waals surface area (Å²) in [6.45, 7) is 0.413. The Morgan fingerprint density at radius 3 is 2.68 bits per heavy atom. The largest absolute Gasteiger partial charge is 0.416 e. The van der Waals surface area contributed by atoms with Gasteiger partial charge >= 0.3 is 6.18 Å². The van der Waals surface area contributed by atoms with Crippen LogP contribution in [0.3, 0.4) is 0 Å². The van der Waals surface area contributed by atoms with Gasteiger partial charge in [0.2, 0.25) is 11.9 Å². The van der Waals surface area contributed by atoms with E-state index in [-0.39, 0.29) is 23.0 Å². The van der Waals surface area contributed by atoms with Crippen molar-refractivity contribution in [2.45, 2.75) is 36.5 Å². The zero-order valence-corrected chi connectivity index (χ0v) is 17.5. The molecule has 2 aromatic rings. The standard InChI is InChI=1S/C19H22F3N7OS/c1-31-17-13(10-24)15(28-18(25)29-17)27-16(30)14(7-2-3-8-23)26-12-6-4-5-11(9-12)19(20,21)22/h4-6,9,14,26H,2-3,7-8,23H2,1H3,(H3,25,27,28,29,30)/t14-/m1/s1. The number of amides is 1. The highest BCUT2D eigenvalue weighted by molar-refractivity contribution is 7.98. The van der Waals surface area contributed by atoms with Crippen LogP contribution in [0.4, 0.5) is 30.6 Å². The number of thioether (sulfide) groups is 1. The molecule has 0 aliphatic carbocycles. The minimum absolute atomic E-state index is 0.0508. The number of carbonyl (C=O) groups is 1. The highest BCUT2D eigenvalue weighted by Crippen LogP contribution is 2.31. The second-order valence-electron chi connectivity index (χ2n) is 6.48. The van der Waals surface area contributed by atoms with Gasteiger partial charge in [-0.2, -0.15) is 23.4 Å². The lowest BCUT2D eigenvalue weighted by molar-refractivity contribution is -0.137. The van der Waals surface area contributed by atoms with Crippen LogP contribution in [0, 0.1) is 11.3 Å². The van der Waals surface area contributed by atoms with Crippen LogP contribution >= 0.6 is 11.8 Å². The average molecular weight is 453 g/mol. The van der Waals surface area contributed by atoms with E-state index in [0.29, 0.717) is 30.8 Å². The summed E-state index contributed by atoms with van der Waals surface area (Å²) in [5, 5.41) is 15.1. The molecule has 1 aromatic carbocycles. The third-order valence-corrected chi connectivity index (χ3v) is 4.92. The highest BCUT2D eigenvalue weighted by atomic mass is 32.2. The van der Waals surface area contributed by atoms with Crippen molar-refractivity contribution in [2.24, 2.45) is 5.73 Å². The smallest absolute Gasteiger partial charge is 0.374 e. The summed E-state index contributed by atoms with van der Waals surface area (Å²) in [7, 11) is 0. The van der Waals surface area contributed by atoms with Crippen molar-refractivity contribution in [2.75, 3.05) is 29.2 Å². The number of nitrogens with zero attached hydrogens (tertiary/aromatic N) is 3. The molecule has 0 unspecified atom stereocenters. The molecule has 0 aliphatic heterocycles. The number of unbranched alkanes of at least 4 members (excludes halogenated alkanes) is 1. The summed E-state index contributed by atoms with van der Waals surface area (Å²) in [4.78, 5) is 20.8. The molecule has 1 heterocycles. The Hall–Kier alpha value is -3.04. The SMILES string of the molecule is CSc1nc(N)nc(NC(=O)[C@@H](CCCCN)Nc2cccc(C(F)(F)F)c2)c1C#N. The van der Waals surface area contributed by atoms with Gasteiger partial charge in [0.15, 0.2) is 5.82 Å². The van der Waals surface area contributed by atoms with E-state index in [0.717, 1.165) is 12.1 Å². The molecule has 166 valence electrons. The maximum atomic E-state index is 13.0. The van der Waals surface area contributed by atoms with Crippen LogP contribution in [0.15, 0.2) is 29.3 Å². The number of nitrogen functional groups attached to an aromatic ring is 1. The van der Waals surface area contributed by atoms with Crippen LogP contribution in [-0.2, 0) is 11.0 Å². The summed E-state index contributed by atoms with van der Waals surface area (Å²) in [6.07, 6.45) is -1.32. The molecule has 1 aromatic heterocycles. The maximum Gasteiger partial charge on any atom is 0.416 e. The van der Waals surface area contributed by atoms with Gasteiger partial charge in [-0.3, -0.25) is 4.79 Å². The summed E-state index contributed by atoms with van der Waals surface area (Å²) >= 11 is 1.17. The highest BCUT2D eigenvalue weighted by Gasteiger charge is 2.31. The number of nitriles is 1. The molecular formula is C19H22F3N7OS. The Labute approximate surface area is 181 Å². The quantitative estimate of drug-likeness (QED) is 0.257. The molecule has 31 heavy (non-hydrogen) atoms. The lowest BCUT2D eigenvalue weighted by Crippen LogP contribution is -2.35. The lowest BCUT2D eigenvalue weighted by atomic mass is 10.1. The molecule has 0 saturated heterocycles. The summed E-state index contributed by atoms with van der Waals surface area (Å²) < 4.78 is 39.0. The monoisotopic (exact) mass is 453 g/mol. The minimum atomic E-state index is -4.51. The first-order valence-corrected chi connectivity index (χ1v) is 10.5. The molecule has 6 N–H and O–H groups in total. The zero-order chi connectivity index (χ0) is 23.0. The fourth-order valence-corrected chi connectivity index (χ4v) is 3.28. The van der Waals surface area contributed by atoms with Crippen molar-refractivity contribution in [3.63, 3.8) is 0 Å². The number of hydrogen-bond acceptors (Lipinski definition) is 8. The number of nitrogens with two attached hydrogens (primary N) is 2. The van der Waals surface area contributed by atoms with Crippen LogP contribution < -0.4 is 22.1 Å². The number of benzene rings is 1. The van der Waals surface area contributed by atoms with E-state index in [1.165, 1.54) is 23.9 Å². The first-order chi connectivity index (χ1) is 14.7. The fraction of sp³-hybridized carbons (Fsp3) is 0.368. The van der Waals surface area contributed by atoms with E-state index in [9.17, 15) is 23.2 Å². The Balaban J connectivity index is 2.29. The Kier molecular flexibility index (Phi) is 8.47. The van der Waals surface area contributed by atoms with E-state index < -0.39 is 23.7 Å². The molecule has 0 aliphatic rings. The number of aromatic nitrogens is 2. The average Bonchev–Trinajstić information content (AvgIpc) is 2.72. The van der Waals surface area contributed by atoms with Gasteiger partial charge < -0.3 is 22.1 Å². The van der Waals surface area contributed by atoms with Gasteiger partial charge in [-0.25, -0.2) is 4.98 Å². The number of anilines is 3. The van der Waals surface area contributed by atoms with Gasteiger partial charge in [-0.15, -0.1) is 11.8 Å². The Bertz CT molecular complexity index is 962. The minimum Gasteiger partial charge on any atom is -0.374 e. The van der Waals surface area contributed by atoms with Crippen LogP contribution in [0.5, 0.6) is 0 Å². The lowest BCUT2D eigenvalue weighted by Gasteiger charge is -2.20.